The molecule has 164 valence electrons. The van der Waals surface area contributed by atoms with E-state index in [4.69, 9.17) is 4.74 Å². The zero-order chi connectivity index (χ0) is 21.7. The molecule has 0 radical (unpaired) electrons. The third-order valence-electron chi connectivity index (χ3n) is 5.95. The second-order valence-corrected chi connectivity index (χ2v) is 10.1. The van der Waals surface area contributed by atoms with E-state index < -0.39 is 22.1 Å². The van der Waals surface area contributed by atoms with E-state index in [1.807, 2.05) is 12.1 Å². The van der Waals surface area contributed by atoms with E-state index in [0.29, 0.717) is 11.5 Å². The predicted molar refractivity (Wildman–Crippen MR) is 119 cm³/mol. The molecule has 7 heteroatoms. The van der Waals surface area contributed by atoms with Gasteiger partial charge in [-0.2, -0.15) is 0 Å². The fourth-order valence-corrected chi connectivity index (χ4v) is 5.12. The molecule has 0 saturated heterocycles. The zero-order valence-corrected chi connectivity index (χ0v) is 18.8. The van der Waals surface area contributed by atoms with Gasteiger partial charge in [0.05, 0.1) is 25.0 Å². The van der Waals surface area contributed by atoms with Crippen LogP contribution in [0.3, 0.4) is 0 Å². The molecule has 1 aliphatic rings. The van der Waals surface area contributed by atoms with Crippen molar-refractivity contribution < 1.29 is 13.2 Å². The molecular weight excluding hydrogens is 400 g/mol. The normalized spacial score (nSPS) is 21.8. The van der Waals surface area contributed by atoms with Crippen LogP contribution in [0.1, 0.15) is 55.7 Å². The molecule has 0 spiro atoms. The van der Waals surface area contributed by atoms with Crippen LogP contribution in [-0.2, 0) is 14.8 Å². The van der Waals surface area contributed by atoms with E-state index in [9.17, 15) is 13.2 Å². The van der Waals surface area contributed by atoms with Crippen molar-refractivity contribution >= 4 is 10.0 Å². The summed E-state index contributed by atoms with van der Waals surface area (Å²) in [6.45, 7) is 3.82. The van der Waals surface area contributed by atoms with Crippen LogP contribution in [0, 0.1) is 6.92 Å². The third kappa shape index (κ3) is 6.03. The number of pyridine rings is 1. The summed E-state index contributed by atoms with van der Waals surface area (Å²) in [7, 11) is -3.40. The predicted octanol–water partition coefficient (Wildman–Crippen LogP) is 3.38. The SMILES string of the molecule is Cc1cccn([C@@H](CO[C@H]2CC[C@@H](c3ccccc3)CC2)[C@H](C)NS(C)(=O)=O)c1=O. The van der Waals surface area contributed by atoms with Gasteiger partial charge in [-0.05, 0) is 57.1 Å². The topological polar surface area (TPSA) is 77.4 Å². The van der Waals surface area contributed by atoms with Gasteiger partial charge in [0, 0.05) is 17.8 Å². The summed E-state index contributed by atoms with van der Waals surface area (Å²) in [6, 6.07) is 13.3. The van der Waals surface area contributed by atoms with Gasteiger partial charge in [0.15, 0.2) is 0 Å². The first kappa shape index (κ1) is 22.7. The Kier molecular flexibility index (Phi) is 7.50. The Morgan fingerprint density at radius 2 is 1.77 bits per heavy atom. The van der Waals surface area contributed by atoms with E-state index >= 15 is 0 Å². The van der Waals surface area contributed by atoms with Crippen molar-refractivity contribution in [2.75, 3.05) is 12.9 Å². The summed E-state index contributed by atoms with van der Waals surface area (Å²) >= 11 is 0. The largest absolute Gasteiger partial charge is 0.376 e. The molecule has 1 N–H and O–H groups in total. The number of rotatable bonds is 8. The van der Waals surface area contributed by atoms with E-state index in [-0.39, 0.29) is 18.3 Å². The maximum atomic E-state index is 12.7. The Hall–Kier alpha value is -1.96. The van der Waals surface area contributed by atoms with Gasteiger partial charge in [0.2, 0.25) is 10.0 Å². The first-order valence-corrected chi connectivity index (χ1v) is 12.5. The summed E-state index contributed by atoms with van der Waals surface area (Å²) in [6.07, 6.45) is 7.02. The Bertz CT molecular complexity index is 980. The quantitative estimate of drug-likeness (QED) is 0.694. The molecule has 1 fully saturated rings. The number of ether oxygens (including phenoxy) is 1. The van der Waals surface area contributed by atoms with E-state index in [0.717, 1.165) is 31.9 Å². The van der Waals surface area contributed by atoms with Crippen molar-refractivity contribution in [2.24, 2.45) is 0 Å². The van der Waals surface area contributed by atoms with E-state index in [1.165, 1.54) is 5.56 Å². The number of hydrogen-bond acceptors (Lipinski definition) is 4. The second-order valence-electron chi connectivity index (χ2n) is 8.37. The van der Waals surface area contributed by atoms with Crippen molar-refractivity contribution in [3.63, 3.8) is 0 Å². The summed E-state index contributed by atoms with van der Waals surface area (Å²) < 4.78 is 34.0. The number of sulfonamides is 1. The van der Waals surface area contributed by atoms with Gasteiger partial charge in [-0.15, -0.1) is 0 Å². The second kappa shape index (κ2) is 9.90. The molecule has 1 heterocycles. The fraction of sp³-hybridized carbons (Fsp3) is 0.522. The van der Waals surface area contributed by atoms with Gasteiger partial charge >= 0.3 is 0 Å². The molecule has 2 aromatic rings. The van der Waals surface area contributed by atoms with Crippen molar-refractivity contribution in [1.29, 1.82) is 0 Å². The molecule has 3 rings (SSSR count). The molecule has 2 atom stereocenters. The van der Waals surface area contributed by atoms with E-state index in [1.54, 1.807) is 30.7 Å². The maximum absolute atomic E-state index is 12.7. The minimum Gasteiger partial charge on any atom is -0.376 e. The molecule has 30 heavy (non-hydrogen) atoms. The summed E-state index contributed by atoms with van der Waals surface area (Å²) in [5, 5.41) is 0. The van der Waals surface area contributed by atoms with Crippen LogP contribution < -0.4 is 10.3 Å². The lowest BCUT2D eigenvalue weighted by atomic mass is 9.83. The van der Waals surface area contributed by atoms with Crippen LogP contribution in [0.4, 0.5) is 0 Å². The lowest BCUT2D eigenvalue weighted by Crippen LogP contribution is -2.44. The minimum absolute atomic E-state index is 0.124. The van der Waals surface area contributed by atoms with Crippen molar-refractivity contribution in [2.45, 2.75) is 63.6 Å². The minimum atomic E-state index is -3.40. The molecule has 0 unspecified atom stereocenters. The van der Waals surface area contributed by atoms with Crippen LogP contribution >= 0.6 is 0 Å². The maximum Gasteiger partial charge on any atom is 0.253 e. The van der Waals surface area contributed by atoms with Crippen LogP contribution in [0.2, 0.25) is 0 Å². The Morgan fingerprint density at radius 1 is 1.10 bits per heavy atom. The molecule has 1 saturated carbocycles. The molecule has 1 aromatic carbocycles. The number of benzene rings is 1. The van der Waals surface area contributed by atoms with Gasteiger partial charge in [-0.1, -0.05) is 36.4 Å². The molecular formula is C23H32N2O4S. The molecule has 1 aliphatic carbocycles. The average molecular weight is 433 g/mol. The van der Waals surface area contributed by atoms with Crippen LogP contribution in [0.15, 0.2) is 53.5 Å². The Labute approximate surface area is 179 Å². The number of aromatic nitrogens is 1. The van der Waals surface area contributed by atoms with Crippen LogP contribution in [-0.4, -0.2) is 38.0 Å². The number of nitrogens with one attached hydrogen (secondary N) is 1. The van der Waals surface area contributed by atoms with Crippen molar-refractivity contribution in [1.82, 2.24) is 9.29 Å². The van der Waals surface area contributed by atoms with Gasteiger partial charge in [0.25, 0.3) is 5.56 Å². The zero-order valence-electron chi connectivity index (χ0n) is 18.0. The lowest BCUT2D eigenvalue weighted by Gasteiger charge is -2.32. The highest BCUT2D eigenvalue weighted by Crippen LogP contribution is 2.34. The van der Waals surface area contributed by atoms with Crippen molar-refractivity contribution in [3.05, 3.63) is 70.1 Å². The highest BCUT2D eigenvalue weighted by Gasteiger charge is 2.27. The molecule has 1 aromatic heterocycles. The molecule has 0 amide bonds. The molecule has 0 bridgehead atoms. The highest BCUT2D eigenvalue weighted by atomic mass is 32.2. The van der Waals surface area contributed by atoms with Gasteiger partial charge in [0.1, 0.15) is 0 Å². The number of hydrogen-bond donors (Lipinski definition) is 1. The molecule has 0 aliphatic heterocycles. The number of nitrogens with zero attached hydrogens (tertiary/aromatic N) is 1. The Balaban J connectivity index is 1.67. The summed E-state index contributed by atoms with van der Waals surface area (Å²) in [4.78, 5) is 12.7. The highest BCUT2D eigenvalue weighted by molar-refractivity contribution is 7.88. The standard InChI is InChI=1S/C23H32N2O4S/c1-17-8-7-15-25(23(17)26)22(18(2)24-30(3,27)28)16-29-21-13-11-20(12-14-21)19-9-5-4-6-10-19/h4-10,15,18,20-22,24H,11-14,16H2,1-3H3/t18-,20-,21+,22-/m0/s1. The summed E-state index contributed by atoms with van der Waals surface area (Å²) in [5.41, 5.74) is 1.88. The number of aryl methyl sites for hydroxylation is 1. The lowest BCUT2D eigenvalue weighted by molar-refractivity contribution is 0.00239. The fourth-order valence-electron chi connectivity index (χ4n) is 4.29. The molecule has 6 nitrogen and oxygen atoms in total. The van der Waals surface area contributed by atoms with Crippen LogP contribution in [0.25, 0.3) is 0 Å². The first-order chi connectivity index (χ1) is 14.2. The van der Waals surface area contributed by atoms with Gasteiger partial charge in [-0.3, -0.25) is 4.79 Å². The van der Waals surface area contributed by atoms with E-state index in [2.05, 4.69) is 29.0 Å². The summed E-state index contributed by atoms with van der Waals surface area (Å²) in [5.74, 6) is 0.562. The van der Waals surface area contributed by atoms with Gasteiger partial charge < -0.3 is 9.30 Å². The smallest absolute Gasteiger partial charge is 0.253 e. The third-order valence-corrected chi connectivity index (χ3v) is 6.75. The van der Waals surface area contributed by atoms with Crippen molar-refractivity contribution in [3.8, 4) is 0 Å². The van der Waals surface area contributed by atoms with Crippen LogP contribution in [0.5, 0.6) is 0 Å². The monoisotopic (exact) mass is 432 g/mol. The Morgan fingerprint density at radius 3 is 2.40 bits per heavy atom. The average Bonchev–Trinajstić information content (AvgIpc) is 2.71. The van der Waals surface area contributed by atoms with Gasteiger partial charge in [-0.25, -0.2) is 13.1 Å². The first-order valence-electron chi connectivity index (χ1n) is 10.6.